The molecule has 0 aromatic heterocycles. The number of halogens is 1. The Labute approximate surface area is 182 Å². The molecule has 1 rings (SSSR count). The summed E-state index contributed by atoms with van der Waals surface area (Å²) in [4.78, 5) is 6.93. The van der Waals surface area contributed by atoms with Crippen LogP contribution in [0.1, 0.15) is 53.9 Å². The summed E-state index contributed by atoms with van der Waals surface area (Å²) >= 11 is 2.06. The third kappa shape index (κ3) is 9.46. The first-order valence-corrected chi connectivity index (χ1v) is 10.8. The van der Waals surface area contributed by atoms with Gasteiger partial charge in [0.25, 0.3) is 0 Å². The lowest BCUT2D eigenvalue weighted by Crippen LogP contribution is -2.48. The number of guanidine groups is 1. The van der Waals surface area contributed by atoms with Gasteiger partial charge in [0.05, 0.1) is 0 Å². The molecule has 0 spiro atoms. The van der Waals surface area contributed by atoms with Gasteiger partial charge in [0.1, 0.15) is 0 Å². The smallest absolute Gasteiger partial charge is 0.191 e. The Morgan fingerprint density at radius 1 is 1.15 bits per heavy atom. The quantitative estimate of drug-likeness (QED) is 0.208. The average molecular weight is 501 g/mol. The average Bonchev–Trinajstić information content (AvgIpc) is 2.57. The van der Waals surface area contributed by atoms with Gasteiger partial charge >= 0.3 is 0 Å². The number of nitrogens with zero attached hydrogens (tertiary/aromatic N) is 2. The Balaban J connectivity index is 0.00000625. The maximum Gasteiger partial charge on any atom is 0.191 e. The molecule has 1 fully saturated rings. The number of thioether (sulfide) groups is 1. The molecule has 0 unspecified atom stereocenters. The Morgan fingerprint density at radius 2 is 1.77 bits per heavy atom. The van der Waals surface area contributed by atoms with E-state index >= 15 is 0 Å². The van der Waals surface area contributed by atoms with E-state index < -0.39 is 0 Å². The third-order valence-corrected chi connectivity index (χ3v) is 6.32. The predicted molar refractivity (Wildman–Crippen MR) is 127 cm³/mol. The minimum absolute atomic E-state index is 0. The van der Waals surface area contributed by atoms with Crippen molar-refractivity contribution in [3.63, 3.8) is 0 Å². The normalized spacial score (nSPS) is 17.5. The maximum atomic E-state index is 5.55. The molecule has 0 bridgehead atoms. The van der Waals surface area contributed by atoms with Crippen molar-refractivity contribution in [2.24, 2.45) is 4.99 Å². The Morgan fingerprint density at radius 3 is 2.27 bits per heavy atom. The molecule has 1 saturated heterocycles. The van der Waals surface area contributed by atoms with Crippen LogP contribution in [0.2, 0.25) is 0 Å². The van der Waals surface area contributed by atoms with Gasteiger partial charge in [-0.2, -0.15) is 11.8 Å². The van der Waals surface area contributed by atoms with Crippen molar-refractivity contribution < 1.29 is 4.74 Å². The monoisotopic (exact) mass is 500 g/mol. The zero-order valence-corrected chi connectivity index (χ0v) is 20.8. The Kier molecular flexibility index (Phi) is 14.4. The van der Waals surface area contributed by atoms with Gasteiger partial charge in [-0.25, -0.2) is 0 Å². The molecule has 0 saturated carbocycles. The van der Waals surface area contributed by atoms with E-state index in [0.717, 1.165) is 63.8 Å². The summed E-state index contributed by atoms with van der Waals surface area (Å²) < 4.78 is 5.84. The second-order valence-electron chi connectivity index (χ2n) is 7.36. The number of nitrogens with one attached hydrogen (secondary N) is 2. The fraction of sp³-hybridized carbons (Fsp3) is 0.947. The first-order valence-electron chi connectivity index (χ1n) is 9.86. The van der Waals surface area contributed by atoms with Crippen LogP contribution in [-0.2, 0) is 4.74 Å². The van der Waals surface area contributed by atoms with Crippen LogP contribution in [0.25, 0.3) is 0 Å². The van der Waals surface area contributed by atoms with Crippen molar-refractivity contribution in [3.05, 3.63) is 0 Å². The summed E-state index contributed by atoms with van der Waals surface area (Å²) in [5.41, 5.74) is 0. The van der Waals surface area contributed by atoms with Crippen molar-refractivity contribution in [3.8, 4) is 0 Å². The lowest BCUT2D eigenvalue weighted by Gasteiger charge is -2.37. The molecule has 2 N–H and O–H groups in total. The van der Waals surface area contributed by atoms with Crippen molar-refractivity contribution >= 4 is 41.7 Å². The van der Waals surface area contributed by atoms with Crippen LogP contribution in [0.4, 0.5) is 0 Å². The van der Waals surface area contributed by atoms with Gasteiger partial charge in [0.2, 0.25) is 0 Å². The molecule has 0 aromatic rings. The highest BCUT2D eigenvalue weighted by Gasteiger charge is 2.32. The zero-order valence-electron chi connectivity index (χ0n) is 17.6. The van der Waals surface area contributed by atoms with Crippen LogP contribution in [0, 0.1) is 0 Å². The first-order chi connectivity index (χ1) is 11.9. The highest BCUT2D eigenvalue weighted by molar-refractivity contribution is 14.0. The van der Waals surface area contributed by atoms with Crippen LogP contribution in [0.3, 0.4) is 0 Å². The molecule has 26 heavy (non-hydrogen) atoms. The van der Waals surface area contributed by atoms with Crippen LogP contribution in [-0.4, -0.2) is 73.3 Å². The predicted octanol–water partition coefficient (Wildman–Crippen LogP) is 3.58. The molecule has 0 radical (unpaired) electrons. The topological polar surface area (TPSA) is 48.9 Å². The van der Waals surface area contributed by atoms with E-state index in [2.05, 4.69) is 66.9 Å². The molecular formula is C19H41IN4OS. The largest absolute Gasteiger partial charge is 0.381 e. The third-order valence-electron chi connectivity index (χ3n) is 4.87. The summed E-state index contributed by atoms with van der Waals surface area (Å²) in [6.45, 7) is 16.1. The molecule has 0 atom stereocenters. The van der Waals surface area contributed by atoms with Gasteiger partial charge in [-0.15, -0.1) is 24.0 Å². The molecule has 0 amide bonds. The van der Waals surface area contributed by atoms with Gasteiger partial charge < -0.3 is 15.4 Å². The van der Waals surface area contributed by atoms with Gasteiger partial charge in [-0.3, -0.25) is 9.89 Å². The fourth-order valence-electron chi connectivity index (χ4n) is 3.47. The SMILES string of the molecule is CCSC1(CNC(=NC)NCCCN(C(C)C)C(C)C)CCOCC1.I. The molecule has 1 heterocycles. The number of hydrogen-bond acceptors (Lipinski definition) is 4. The lowest BCUT2D eigenvalue weighted by atomic mass is 9.99. The summed E-state index contributed by atoms with van der Waals surface area (Å²) in [5, 5.41) is 7.02. The Bertz CT molecular complexity index is 374. The number of aliphatic imine (C=N–C) groups is 1. The van der Waals surface area contributed by atoms with Crippen molar-refractivity contribution in [1.29, 1.82) is 0 Å². The van der Waals surface area contributed by atoms with Crippen molar-refractivity contribution in [2.45, 2.75) is 70.7 Å². The lowest BCUT2D eigenvalue weighted by molar-refractivity contribution is 0.0782. The fourth-order valence-corrected chi connectivity index (χ4v) is 4.71. The standard InChI is InChI=1S/C19H40N4OS.HI/c1-7-25-19(9-13-24-14-10-19)15-22-18(20-6)21-11-8-12-23(16(2)3)17(4)5;/h16-17H,7-15H2,1-6H3,(H2,20,21,22);1H. The van der Waals surface area contributed by atoms with Gasteiger partial charge in [0, 0.05) is 56.7 Å². The number of ether oxygens (including phenoxy) is 1. The summed E-state index contributed by atoms with van der Waals surface area (Å²) in [7, 11) is 1.85. The maximum absolute atomic E-state index is 5.55. The molecule has 1 aliphatic rings. The van der Waals surface area contributed by atoms with E-state index in [1.54, 1.807) is 0 Å². The highest BCUT2D eigenvalue weighted by atomic mass is 127. The van der Waals surface area contributed by atoms with Crippen LogP contribution in [0.15, 0.2) is 4.99 Å². The van der Waals surface area contributed by atoms with E-state index in [0.29, 0.717) is 12.1 Å². The van der Waals surface area contributed by atoms with Crippen LogP contribution in [0.5, 0.6) is 0 Å². The van der Waals surface area contributed by atoms with Crippen molar-refractivity contribution in [1.82, 2.24) is 15.5 Å². The summed E-state index contributed by atoms with van der Waals surface area (Å²) in [6, 6.07) is 1.19. The first kappa shape index (κ1) is 26.3. The highest BCUT2D eigenvalue weighted by Crippen LogP contribution is 2.34. The minimum atomic E-state index is 0. The molecular weight excluding hydrogens is 459 g/mol. The van der Waals surface area contributed by atoms with E-state index in [-0.39, 0.29) is 28.7 Å². The summed E-state index contributed by atoms with van der Waals surface area (Å²) in [6.07, 6.45) is 3.36. The zero-order chi connectivity index (χ0) is 18.7. The molecule has 0 aromatic carbocycles. The molecule has 156 valence electrons. The van der Waals surface area contributed by atoms with Crippen LogP contribution < -0.4 is 10.6 Å². The van der Waals surface area contributed by atoms with Gasteiger partial charge in [-0.05, 0) is 52.7 Å². The number of hydrogen-bond donors (Lipinski definition) is 2. The molecule has 5 nitrogen and oxygen atoms in total. The van der Waals surface area contributed by atoms with Gasteiger partial charge in [0.15, 0.2) is 5.96 Å². The minimum Gasteiger partial charge on any atom is -0.381 e. The second kappa shape index (κ2) is 14.3. The number of rotatable bonds is 10. The van der Waals surface area contributed by atoms with Crippen LogP contribution >= 0.6 is 35.7 Å². The molecule has 7 heteroatoms. The van der Waals surface area contributed by atoms with Gasteiger partial charge in [-0.1, -0.05) is 6.92 Å². The van der Waals surface area contributed by atoms with E-state index in [4.69, 9.17) is 4.74 Å². The molecule has 0 aliphatic carbocycles. The van der Waals surface area contributed by atoms with E-state index in [9.17, 15) is 0 Å². The molecule has 1 aliphatic heterocycles. The van der Waals surface area contributed by atoms with E-state index in [1.807, 2.05) is 7.05 Å². The second-order valence-corrected chi connectivity index (χ2v) is 9.09. The summed E-state index contributed by atoms with van der Waals surface area (Å²) in [5.74, 6) is 2.07. The van der Waals surface area contributed by atoms with E-state index in [1.165, 1.54) is 0 Å². The Hall–Kier alpha value is 0.270. The van der Waals surface area contributed by atoms with Crippen molar-refractivity contribution in [2.75, 3.05) is 45.6 Å².